The summed E-state index contributed by atoms with van der Waals surface area (Å²) in [4.78, 5) is 14.9. The number of carbonyl (C=O) groups is 1. The van der Waals surface area contributed by atoms with Gasteiger partial charge in [0.1, 0.15) is 0 Å². The minimum atomic E-state index is -0.337. The highest BCUT2D eigenvalue weighted by Crippen LogP contribution is 2.41. The highest BCUT2D eigenvalue weighted by Gasteiger charge is 2.45. The van der Waals surface area contributed by atoms with E-state index >= 15 is 0 Å². The first-order valence-electron chi connectivity index (χ1n) is 7.68. The Kier molecular flexibility index (Phi) is 6.29. The summed E-state index contributed by atoms with van der Waals surface area (Å²) in [7, 11) is 0. The fourth-order valence-electron chi connectivity index (χ4n) is 3.58. The lowest BCUT2D eigenvalue weighted by Crippen LogP contribution is -2.47. The number of hydrogen-bond donors (Lipinski definition) is 1. The van der Waals surface area contributed by atoms with Gasteiger partial charge in [-0.05, 0) is 37.5 Å². The molecule has 1 spiro atoms. The summed E-state index contributed by atoms with van der Waals surface area (Å²) in [6.07, 6.45) is 5.02. The molecule has 5 heteroatoms. The van der Waals surface area contributed by atoms with Gasteiger partial charge in [0.15, 0.2) is 0 Å². The van der Waals surface area contributed by atoms with Crippen LogP contribution in [-0.4, -0.2) is 43.7 Å². The first kappa shape index (κ1) is 17.7. The lowest BCUT2D eigenvalue weighted by molar-refractivity contribution is -0.141. The van der Waals surface area contributed by atoms with Gasteiger partial charge in [-0.1, -0.05) is 13.8 Å². The second-order valence-electron chi connectivity index (χ2n) is 6.28. The van der Waals surface area contributed by atoms with Gasteiger partial charge >= 0.3 is 0 Å². The summed E-state index contributed by atoms with van der Waals surface area (Å²) < 4.78 is 5.46. The van der Waals surface area contributed by atoms with E-state index in [1.165, 1.54) is 0 Å². The van der Waals surface area contributed by atoms with Gasteiger partial charge in [0.2, 0.25) is 5.91 Å². The molecule has 1 amide bonds. The van der Waals surface area contributed by atoms with Crippen molar-refractivity contribution in [3.8, 4) is 0 Å². The molecule has 0 bridgehead atoms. The molecule has 2 fully saturated rings. The molecule has 0 unspecified atom stereocenters. The van der Waals surface area contributed by atoms with Crippen molar-refractivity contribution in [3.63, 3.8) is 0 Å². The van der Waals surface area contributed by atoms with Crippen molar-refractivity contribution in [1.82, 2.24) is 4.90 Å². The molecule has 0 atom stereocenters. The first-order valence-corrected chi connectivity index (χ1v) is 7.68. The van der Waals surface area contributed by atoms with Crippen molar-refractivity contribution in [2.24, 2.45) is 16.6 Å². The number of nitrogens with zero attached hydrogens (tertiary/aromatic N) is 1. The normalized spacial score (nSPS) is 21.9. The number of hydrogen-bond acceptors (Lipinski definition) is 3. The Hall–Kier alpha value is -0.320. The van der Waals surface area contributed by atoms with Crippen molar-refractivity contribution >= 4 is 18.3 Å². The average molecular weight is 305 g/mol. The van der Waals surface area contributed by atoms with Crippen molar-refractivity contribution in [2.75, 3.05) is 32.8 Å². The lowest BCUT2D eigenvalue weighted by atomic mass is 9.79. The van der Waals surface area contributed by atoms with Crippen LogP contribution < -0.4 is 5.73 Å². The van der Waals surface area contributed by atoms with Crippen LogP contribution in [0.1, 0.15) is 46.0 Å². The van der Waals surface area contributed by atoms with E-state index in [0.29, 0.717) is 12.0 Å². The number of amides is 1. The van der Waals surface area contributed by atoms with Crippen molar-refractivity contribution in [2.45, 2.75) is 46.0 Å². The van der Waals surface area contributed by atoms with Crippen LogP contribution in [-0.2, 0) is 9.53 Å². The third kappa shape index (κ3) is 3.12. The molecule has 20 heavy (non-hydrogen) atoms. The maximum absolute atomic E-state index is 12.8. The number of ether oxygens (including phenoxy) is 1. The second-order valence-corrected chi connectivity index (χ2v) is 6.28. The molecule has 4 nitrogen and oxygen atoms in total. The first-order chi connectivity index (χ1) is 9.11. The predicted molar refractivity (Wildman–Crippen MR) is 83.0 cm³/mol. The van der Waals surface area contributed by atoms with Gasteiger partial charge in [-0.25, -0.2) is 0 Å². The summed E-state index contributed by atoms with van der Waals surface area (Å²) >= 11 is 0. The fraction of sp³-hybridized carbons (Fsp3) is 0.933. The number of nitrogens with two attached hydrogens (primary N) is 1. The summed E-state index contributed by atoms with van der Waals surface area (Å²) in [5.74, 6) is 0.281. The zero-order valence-electron chi connectivity index (χ0n) is 12.8. The molecule has 2 N–H and O–H groups in total. The maximum atomic E-state index is 12.8. The summed E-state index contributed by atoms with van der Waals surface area (Å²) in [5, 5.41) is 0. The van der Waals surface area contributed by atoms with Crippen LogP contribution in [0, 0.1) is 10.8 Å². The van der Waals surface area contributed by atoms with Crippen LogP contribution >= 0.6 is 12.4 Å². The van der Waals surface area contributed by atoms with Crippen LogP contribution in [0.3, 0.4) is 0 Å². The van der Waals surface area contributed by atoms with Gasteiger partial charge in [-0.3, -0.25) is 4.79 Å². The standard InChI is InChI=1S/C15H28N2O2.ClH/c1-3-15(4-2,11-16)13(18)17-8-5-14(12-17)6-9-19-10-7-14;/h3-12,16H2,1-2H3;1H. The van der Waals surface area contributed by atoms with Crippen molar-refractivity contribution < 1.29 is 9.53 Å². The van der Waals surface area contributed by atoms with Crippen LogP contribution in [0.5, 0.6) is 0 Å². The molecule has 2 saturated heterocycles. The van der Waals surface area contributed by atoms with Gasteiger partial charge in [0, 0.05) is 32.8 Å². The van der Waals surface area contributed by atoms with E-state index in [1.807, 2.05) is 0 Å². The van der Waals surface area contributed by atoms with E-state index in [1.54, 1.807) is 0 Å². The van der Waals surface area contributed by atoms with Crippen LogP contribution in [0.15, 0.2) is 0 Å². The van der Waals surface area contributed by atoms with Crippen molar-refractivity contribution in [3.05, 3.63) is 0 Å². The Morgan fingerprint density at radius 3 is 2.35 bits per heavy atom. The van der Waals surface area contributed by atoms with Crippen LogP contribution in [0.2, 0.25) is 0 Å². The third-order valence-corrected chi connectivity index (χ3v) is 5.48. The molecule has 0 aromatic carbocycles. The molecule has 0 aromatic rings. The second kappa shape index (κ2) is 7.10. The third-order valence-electron chi connectivity index (χ3n) is 5.48. The molecule has 0 aromatic heterocycles. The highest BCUT2D eigenvalue weighted by molar-refractivity contribution is 5.85. The van der Waals surface area contributed by atoms with Crippen LogP contribution in [0.25, 0.3) is 0 Å². The average Bonchev–Trinajstić information content (AvgIpc) is 2.86. The van der Waals surface area contributed by atoms with E-state index < -0.39 is 0 Å². The zero-order chi connectivity index (χ0) is 13.9. The number of likely N-dealkylation sites (tertiary alicyclic amines) is 1. The SMILES string of the molecule is CCC(CC)(CN)C(=O)N1CCC2(CCOCC2)C1.Cl. The molecule has 0 aliphatic carbocycles. The summed E-state index contributed by atoms with van der Waals surface area (Å²) in [6, 6.07) is 0. The number of halogens is 1. The minimum Gasteiger partial charge on any atom is -0.381 e. The Morgan fingerprint density at radius 2 is 1.85 bits per heavy atom. The van der Waals surface area contributed by atoms with Gasteiger partial charge in [0.05, 0.1) is 5.41 Å². The molecule has 0 saturated carbocycles. The van der Waals surface area contributed by atoms with Gasteiger partial charge in [0.25, 0.3) is 0 Å². The Bertz CT molecular complexity index is 318. The minimum absolute atomic E-state index is 0. The molecular weight excluding hydrogens is 276 g/mol. The maximum Gasteiger partial charge on any atom is 0.230 e. The zero-order valence-corrected chi connectivity index (χ0v) is 13.6. The molecule has 2 aliphatic heterocycles. The smallest absolute Gasteiger partial charge is 0.230 e. The Morgan fingerprint density at radius 1 is 1.25 bits per heavy atom. The molecule has 2 heterocycles. The van der Waals surface area contributed by atoms with E-state index in [2.05, 4.69) is 18.7 Å². The fourth-order valence-corrected chi connectivity index (χ4v) is 3.58. The molecule has 0 radical (unpaired) electrons. The highest BCUT2D eigenvalue weighted by atomic mass is 35.5. The van der Waals surface area contributed by atoms with Crippen LogP contribution in [0.4, 0.5) is 0 Å². The van der Waals surface area contributed by atoms with E-state index in [-0.39, 0.29) is 23.7 Å². The van der Waals surface area contributed by atoms with E-state index in [0.717, 1.165) is 58.4 Å². The number of carbonyl (C=O) groups excluding carboxylic acids is 1. The van der Waals surface area contributed by atoms with Gasteiger partial charge < -0.3 is 15.4 Å². The largest absolute Gasteiger partial charge is 0.381 e. The molecule has 2 aliphatic rings. The van der Waals surface area contributed by atoms with E-state index in [9.17, 15) is 4.79 Å². The Balaban J connectivity index is 0.00000200. The topological polar surface area (TPSA) is 55.6 Å². The number of rotatable bonds is 4. The van der Waals surface area contributed by atoms with Gasteiger partial charge in [-0.2, -0.15) is 0 Å². The monoisotopic (exact) mass is 304 g/mol. The van der Waals surface area contributed by atoms with Crippen molar-refractivity contribution in [1.29, 1.82) is 0 Å². The molecular formula is C15H29ClN2O2. The quantitative estimate of drug-likeness (QED) is 0.866. The van der Waals surface area contributed by atoms with Gasteiger partial charge in [-0.15, -0.1) is 12.4 Å². The molecule has 2 rings (SSSR count). The predicted octanol–water partition coefficient (Wildman–Crippen LogP) is 2.20. The summed E-state index contributed by atoms with van der Waals surface area (Å²) in [5.41, 5.74) is 5.89. The van der Waals surface area contributed by atoms with E-state index in [4.69, 9.17) is 10.5 Å². The lowest BCUT2D eigenvalue weighted by Gasteiger charge is -2.36. The summed E-state index contributed by atoms with van der Waals surface area (Å²) in [6.45, 7) is 8.14. The Labute approximate surface area is 128 Å². The molecule has 118 valence electrons.